The topological polar surface area (TPSA) is 83.7 Å². The summed E-state index contributed by atoms with van der Waals surface area (Å²) in [6, 6.07) is 3.96. The number of nitrogens with zero attached hydrogens (tertiary/aromatic N) is 2. The van der Waals surface area contributed by atoms with E-state index in [1.54, 1.807) is 7.05 Å². The maximum atomic E-state index is 12.2. The fraction of sp³-hybridized carbons (Fsp3) is 0.462. The molecule has 104 valence electrons. The van der Waals surface area contributed by atoms with Gasteiger partial charge in [0.15, 0.2) is 0 Å². The lowest BCUT2D eigenvalue weighted by molar-refractivity contribution is -0.385. The van der Waals surface area contributed by atoms with Crippen LogP contribution in [0.2, 0.25) is 0 Å². The minimum absolute atomic E-state index is 0.0103. The molecule has 6 nitrogen and oxygen atoms in total. The van der Waals surface area contributed by atoms with Crippen molar-refractivity contribution in [2.45, 2.75) is 32.7 Å². The van der Waals surface area contributed by atoms with Gasteiger partial charge in [-0.15, -0.1) is 0 Å². The summed E-state index contributed by atoms with van der Waals surface area (Å²) in [6.45, 7) is 3.91. The van der Waals surface area contributed by atoms with Crippen molar-refractivity contribution in [2.75, 3.05) is 7.05 Å². The standard InChI is InChI=1S/C13H18N2O4/c1-4-6-9(2)14(3)13(17)10-7-5-8-11(12(10)16)15(18)19/h5,7-9,16H,4,6H2,1-3H3. The Morgan fingerprint density at radius 3 is 2.68 bits per heavy atom. The van der Waals surface area contributed by atoms with Gasteiger partial charge >= 0.3 is 5.69 Å². The molecule has 0 aromatic heterocycles. The van der Waals surface area contributed by atoms with Crippen LogP contribution in [0.4, 0.5) is 5.69 Å². The van der Waals surface area contributed by atoms with E-state index in [4.69, 9.17) is 0 Å². The van der Waals surface area contributed by atoms with Gasteiger partial charge in [0.25, 0.3) is 5.91 Å². The van der Waals surface area contributed by atoms with E-state index in [9.17, 15) is 20.0 Å². The van der Waals surface area contributed by atoms with E-state index in [1.807, 2.05) is 13.8 Å². The van der Waals surface area contributed by atoms with Crippen LogP contribution in [0.5, 0.6) is 5.75 Å². The smallest absolute Gasteiger partial charge is 0.311 e. The molecule has 1 unspecified atom stereocenters. The van der Waals surface area contributed by atoms with E-state index in [0.29, 0.717) is 0 Å². The van der Waals surface area contributed by atoms with E-state index in [0.717, 1.165) is 12.8 Å². The average Bonchev–Trinajstić information content (AvgIpc) is 2.37. The number of carbonyl (C=O) groups excluding carboxylic acids is 1. The second-order valence-electron chi connectivity index (χ2n) is 4.48. The fourth-order valence-electron chi connectivity index (χ4n) is 1.85. The van der Waals surface area contributed by atoms with Gasteiger partial charge in [-0.05, 0) is 19.4 Å². The predicted molar refractivity (Wildman–Crippen MR) is 71.2 cm³/mol. The first-order chi connectivity index (χ1) is 8.90. The third-order valence-corrected chi connectivity index (χ3v) is 3.13. The molecule has 0 radical (unpaired) electrons. The van der Waals surface area contributed by atoms with Gasteiger partial charge in [0.1, 0.15) is 0 Å². The number of hydrogen-bond acceptors (Lipinski definition) is 4. The van der Waals surface area contributed by atoms with Gasteiger partial charge in [0.2, 0.25) is 5.75 Å². The van der Waals surface area contributed by atoms with Crippen LogP contribution in [0.1, 0.15) is 37.0 Å². The minimum Gasteiger partial charge on any atom is -0.502 e. The van der Waals surface area contributed by atoms with Gasteiger partial charge in [-0.3, -0.25) is 14.9 Å². The van der Waals surface area contributed by atoms with Gasteiger partial charge in [0.05, 0.1) is 10.5 Å². The molecule has 1 atom stereocenters. The molecule has 1 aromatic rings. The summed E-state index contributed by atoms with van der Waals surface area (Å²) >= 11 is 0. The van der Waals surface area contributed by atoms with Gasteiger partial charge in [-0.1, -0.05) is 19.4 Å². The molecule has 0 saturated carbocycles. The molecule has 1 aromatic carbocycles. The first kappa shape index (κ1) is 14.9. The second kappa shape index (κ2) is 6.17. The summed E-state index contributed by atoms with van der Waals surface area (Å²) in [5.41, 5.74) is -0.498. The highest BCUT2D eigenvalue weighted by Gasteiger charge is 2.24. The van der Waals surface area contributed by atoms with E-state index in [-0.39, 0.29) is 11.6 Å². The molecular weight excluding hydrogens is 248 g/mol. The number of hydrogen-bond donors (Lipinski definition) is 1. The number of nitro benzene ring substituents is 1. The molecule has 0 heterocycles. The lowest BCUT2D eigenvalue weighted by Gasteiger charge is -2.24. The first-order valence-electron chi connectivity index (χ1n) is 6.13. The van der Waals surface area contributed by atoms with Crippen LogP contribution in [0, 0.1) is 10.1 Å². The molecule has 1 rings (SSSR count). The Kier molecular flexibility index (Phi) is 4.86. The van der Waals surface area contributed by atoms with Crippen molar-refractivity contribution in [1.82, 2.24) is 4.90 Å². The molecule has 6 heteroatoms. The SMILES string of the molecule is CCCC(C)N(C)C(=O)c1cccc([N+](=O)[O-])c1O. The Morgan fingerprint density at radius 2 is 2.16 bits per heavy atom. The largest absolute Gasteiger partial charge is 0.502 e. The van der Waals surface area contributed by atoms with Crippen LogP contribution < -0.4 is 0 Å². The third-order valence-electron chi connectivity index (χ3n) is 3.13. The lowest BCUT2D eigenvalue weighted by atomic mass is 10.1. The highest BCUT2D eigenvalue weighted by Crippen LogP contribution is 2.30. The number of nitro groups is 1. The summed E-state index contributed by atoms with van der Waals surface area (Å²) in [4.78, 5) is 23.7. The number of phenolic OH excluding ortho intramolecular Hbond substituents is 1. The van der Waals surface area contributed by atoms with Crippen LogP contribution in [-0.2, 0) is 0 Å². The van der Waals surface area contributed by atoms with Crippen LogP contribution in [0.25, 0.3) is 0 Å². The highest BCUT2D eigenvalue weighted by molar-refractivity contribution is 5.98. The Hall–Kier alpha value is -2.11. The van der Waals surface area contributed by atoms with Crippen LogP contribution >= 0.6 is 0 Å². The first-order valence-corrected chi connectivity index (χ1v) is 6.13. The molecule has 0 saturated heterocycles. The molecule has 0 spiro atoms. The quantitative estimate of drug-likeness (QED) is 0.655. The number of rotatable bonds is 5. The Bertz CT molecular complexity index is 488. The number of para-hydroxylation sites is 1. The number of carbonyl (C=O) groups is 1. The molecule has 0 aliphatic rings. The zero-order valence-corrected chi connectivity index (χ0v) is 11.3. The summed E-state index contributed by atoms with van der Waals surface area (Å²) in [5.74, 6) is -0.991. The third kappa shape index (κ3) is 3.21. The van der Waals surface area contributed by atoms with E-state index < -0.39 is 22.3 Å². The van der Waals surface area contributed by atoms with Crippen molar-refractivity contribution >= 4 is 11.6 Å². The Balaban J connectivity index is 3.06. The Morgan fingerprint density at radius 1 is 1.53 bits per heavy atom. The molecule has 1 N–H and O–H groups in total. The predicted octanol–water partition coefficient (Wildman–Crippen LogP) is 2.56. The van der Waals surface area contributed by atoms with Crippen molar-refractivity contribution in [2.24, 2.45) is 0 Å². The fourth-order valence-corrected chi connectivity index (χ4v) is 1.85. The molecular formula is C13H18N2O4. The molecule has 19 heavy (non-hydrogen) atoms. The zero-order valence-electron chi connectivity index (χ0n) is 11.3. The summed E-state index contributed by atoms with van der Waals surface area (Å²) in [7, 11) is 1.63. The molecule has 0 aliphatic heterocycles. The normalized spacial score (nSPS) is 11.9. The summed E-state index contributed by atoms with van der Waals surface area (Å²) < 4.78 is 0. The lowest BCUT2D eigenvalue weighted by Crippen LogP contribution is -2.35. The maximum absolute atomic E-state index is 12.2. The molecule has 1 amide bonds. The van der Waals surface area contributed by atoms with Crippen LogP contribution in [-0.4, -0.2) is 33.9 Å². The van der Waals surface area contributed by atoms with E-state index >= 15 is 0 Å². The van der Waals surface area contributed by atoms with Gasteiger partial charge in [0, 0.05) is 19.2 Å². The number of aromatic hydroxyl groups is 1. The molecule has 0 aliphatic carbocycles. The maximum Gasteiger partial charge on any atom is 0.311 e. The number of benzene rings is 1. The minimum atomic E-state index is -0.707. The monoisotopic (exact) mass is 266 g/mol. The molecule has 0 bridgehead atoms. The summed E-state index contributed by atoms with van der Waals surface area (Å²) in [5, 5.41) is 20.5. The van der Waals surface area contributed by atoms with Gasteiger partial charge in [-0.25, -0.2) is 0 Å². The van der Waals surface area contributed by atoms with Crippen molar-refractivity contribution in [3.63, 3.8) is 0 Å². The van der Waals surface area contributed by atoms with E-state index in [2.05, 4.69) is 0 Å². The van der Waals surface area contributed by atoms with Crippen LogP contribution in [0.15, 0.2) is 18.2 Å². The highest BCUT2D eigenvalue weighted by atomic mass is 16.6. The van der Waals surface area contributed by atoms with E-state index in [1.165, 1.54) is 23.1 Å². The average molecular weight is 266 g/mol. The van der Waals surface area contributed by atoms with Gasteiger partial charge in [-0.2, -0.15) is 0 Å². The summed E-state index contributed by atoms with van der Waals surface area (Å²) in [6.07, 6.45) is 1.76. The van der Waals surface area contributed by atoms with Gasteiger partial charge < -0.3 is 10.0 Å². The van der Waals surface area contributed by atoms with Crippen LogP contribution in [0.3, 0.4) is 0 Å². The Labute approximate surface area is 111 Å². The van der Waals surface area contributed by atoms with Crippen molar-refractivity contribution in [1.29, 1.82) is 0 Å². The second-order valence-corrected chi connectivity index (χ2v) is 4.48. The number of phenols is 1. The van der Waals surface area contributed by atoms with Crippen molar-refractivity contribution in [3.05, 3.63) is 33.9 Å². The van der Waals surface area contributed by atoms with Crippen molar-refractivity contribution in [3.8, 4) is 5.75 Å². The number of amides is 1. The molecule has 0 fully saturated rings. The zero-order chi connectivity index (χ0) is 14.6. The van der Waals surface area contributed by atoms with Crippen molar-refractivity contribution < 1.29 is 14.8 Å².